The summed E-state index contributed by atoms with van der Waals surface area (Å²) in [6.07, 6.45) is 5.86. The van der Waals surface area contributed by atoms with Crippen molar-refractivity contribution >= 4 is 22.8 Å². The Bertz CT molecular complexity index is 1020. The van der Waals surface area contributed by atoms with Gasteiger partial charge in [0.2, 0.25) is 0 Å². The van der Waals surface area contributed by atoms with Gasteiger partial charge in [-0.25, -0.2) is 14.8 Å². The van der Waals surface area contributed by atoms with Crippen LogP contribution in [0.15, 0.2) is 30.6 Å². The number of imidazole rings is 1. The lowest BCUT2D eigenvalue weighted by molar-refractivity contribution is 0.0697. The number of benzene rings is 1. The number of carboxylic acid groups (broad SMARTS) is 1. The summed E-state index contributed by atoms with van der Waals surface area (Å²) < 4.78 is 7.41. The molecule has 0 spiro atoms. The first kappa shape index (κ1) is 18.3. The van der Waals surface area contributed by atoms with Gasteiger partial charge < -0.3 is 14.7 Å². The van der Waals surface area contributed by atoms with E-state index >= 15 is 0 Å². The number of aromatic carboxylic acids is 1. The van der Waals surface area contributed by atoms with Crippen LogP contribution in [-0.2, 0) is 6.42 Å². The summed E-state index contributed by atoms with van der Waals surface area (Å²) in [7, 11) is 1.66. The molecule has 0 atom stereocenters. The Morgan fingerprint density at radius 2 is 2.00 bits per heavy atom. The average Bonchev–Trinajstić information content (AvgIpc) is 3.15. The highest BCUT2D eigenvalue weighted by atomic mass is 16.5. The molecule has 146 valence electrons. The third kappa shape index (κ3) is 3.17. The molecule has 1 aliphatic heterocycles. The molecule has 3 heterocycles. The van der Waals surface area contributed by atoms with E-state index in [1.54, 1.807) is 25.6 Å². The summed E-state index contributed by atoms with van der Waals surface area (Å²) in [5.74, 6) is 1.04. The molecule has 2 aromatic heterocycles. The maximum Gasteiger partial charge on any atom is 0.339 e. The number of carbonyl (C=O) groups is 1. The number of carboxylic acids is 1. The number of rotatable bonds is 5. The van der Waals surface area contributed by atoms with E-state index < -0.39 is 5.97 Å². The number of fused-ring (bicyclic) bond motifs is 1. The number of pyridine rings is 1. The fraction of sp³-hybridized carbons (Fsp3) is 0.381. The van der Waals surface area contributed by atoms with Crippen molar-refractivity contribution in [2.45, 2.75) is 32.6 Å². The topological polar surface area (TPSA) is 80.5 Å². The number of aromatic nitrogens is 3. The standard InChI is InChI=1S/C21H24N4O3/c1-3-14-11-16-17(12-18(14)28-2)25(13-22-16)19-8-7-15(21(26)27)20(23-19)24-9-5-4-6-10-24/h7-8,11-13H,3-6,9-10H2,1-2H3,(H,26,27). The third-order valence-electron chi connectivity index (χ3n) is 5.32. The van der Waals surface area contributed by atoms with E-state index in [2.05, 4.69) is 16.8 Å². The van der Waals surface area contributed by atoms with Gasteiger partial charge in [0.05, 0.1) is 18.1 Å². The van der Waals surface area contributed by atoms with Crippen molar-refractivity contribution in [3.8, 4) is 11.6 Å². The van der Waals surface area contributed by atoms with E-state index in [0.717, 1.165) is 54.7 Å². The molecule has 0 aliphatic carbocycles. The molecule has 1 N–H and O–H groups in total. The molecule has 28 heavy (non-hydrogen) atoms. The normalized spacial score (nSPS) is 14.4. The second kappa shape index (κ2) is 7.50. The Balaban J connectivity index is 1.84. The molecule has 7 nitrogen and oxygen atoms in total. The second-order valence-electron chi connectivity index (χ2n) is 7.01. The number of nitrogens with zero attached hydrogens (tertiary/aromatic N) is 4. The van der Waals surface area contributed by atoms with Crippen molar-refractivity contribution in [2.24, 2.45) is 0 Å². The van der Waals surface area contributed by atoms with Crippen LogP contribution in [0.2, 0.25) is 0 Å². The summed E-state index contributed by atoms with van der Waals surface area (Å²) in [4.78, 5) is 23.1. The van der Waals surface area contributed by atoms with Crippen molar-refractivity contribution in [2.75, 3.05) is 25.1 Å². The van der Waals surface area contributed by atoms with Gasteiger partial charge in [0.1, 0.15) is 29.3 Å². The lowest BCUT2D eigenvalue weighted by Gasteiger charge is -2.29. The zero-order chi connectivity index (χ0) is 19.7. The summed E-state index contributed by atoms with van der Waals surface area (Å²) in [5, 5.41) is 9.61. The predicted octanol–water partition coefficient (Wildman–Crippen LogP) is 3.68. The van der Waals surface area contributed by atoms with Gasteiger partial charge in [-0.15, -0.1) is 0 Å². The van der Waals surface area contributed by atoms with Gasteiger partial charge in [0.25, 0.3) is 0 Å². The Labute approximate surface area is 163 Å². The minimum Gasteiger partial charge on any atom is -0.496 e. The number of anilines is 1. The SMILES string of the molecule is CCc1cc2ncn(-c3ccc(C(=O)O)c(N4CCCCC4)n3)c2cc1OC. The van der Waals surface area contributed by atoms with Crippen molar-refractivity contribution in [3.63, 3.8) is 0 Å². The van der Waals surface area contributed by atoms with Crippen LogP contribution in [0, 0.1) is 0 Å². The minimum absolute atomic E-state index is 0.237. The molecular weight excluding hydrogens is 356 g/mol. The van der Waals surface area contributed by atoms with Gasteiger partial charge in [0.15, 0.2) is 0 Å². The van der Waals surface area contributed by atoms with Crippen LogP contribution in [-0.4, -0.2) is 45.8 Å². The van der Waals surface area contributed by atoms with Gasteiger partial charge in [-0.1, -0.05) is 6.92 Å². The van der Waals surface area contributed by atoms with Crippen LogP contribution in [0.4, 0.5) is 5.82 Å². The zero-order valence-electron chi connectivity index (χ0n) is 16.2. The van der Waals surface area contributed by atoms with Crippen LogP contribution in [0.5, 0.6) is 5.75 Å². The van der Waals surface area contributed by atoms with Crippen molar-refractivity contribution < 1.29 is 14.6 Å². The van der Waals surface area contributed by atoms with Gasteiger partial charge >= 0.3 is 5.97 Å². The van der Waals surface area contributed by atoms with Crippen molar-refractivity contribution in [3.05, 3.63) is 41.7 Å². The molecule has 1 saturated heterocycles. The number of aryl methyl sites for hydroxylation is 1. The Kier molecular flexibility index (Phi) is 4.90. The average molecular weight is 380 g/mol. The third-order valence-corrected chi connectivity index (χ3v) is 5.32. The molecule has 1 fully saturated rings. The lowest BCUT2D eigenvalue weighted by atomic mass is 10.1. The van der Waals surface area contributed by atoms with Gasteiger partial charge in [-0.2, -0.15) is 0 Å². The summed E-state index contributed by atoms with van der Waals surface area (Å²) in [6.45, 7) is 3.74. The fourth-order valence-corrected chi connectivity index (χ4v) is 3.81. The predicted molar refractivity (Wildman–Crippen MR) is 108 cm³/mol. The van der Waals surface area contributed by atoms with E-state index in [0.29, 0.717) is 11.6 Å². The zero-order valence-corrected chi connectivity index (χ0v) is 16.2. The largest absolute Gasteiger partial charge is 0.496 e. The molecule has 1 aromatic carbocycles. The second-order valence-corrected chi connectivity index (χ2v) is 7.01. The molecule has 4 rings (SSSR count). The van der Waals surface area contributed by atoms with Gasteiger partial charge in [0, 0.05) is 19.2 Å². The monoisotopic (exact) mass is 380 g/mol. The van der Waals surface area contributed by atoms with Crippen LogP contribution in [0.25, 0.3) is 16.9 Å². The Hall–Kier alpha value is -3.09. The van der Waals surface area contributed by atoms with E-state index in [-0.39, 0.29) is 5.56 Å². The summed E-state index contributed by atoms with van der Waals surface area (Å²) in [6, 6.07) is 7.37. The maximum atomic E-state index is 11.7. The minimum atomic E-state index is -0.954. The quantitative estimate of drug-likeness (QED) is 0.727. The Morgan fingerprint density at radius 3 is 2.68 bits per heavy atom. The van der Waals surface area contributed by atoms with Crippen molar-refractivity contribution in [1.82, 2.24) is 14.5 Å². The lowest BCUT2D eigenvalue weighted by Crippen LogP contribution is -2.32. The highest BCUT2D eigenvalue weighted by Crippen LogP contribution is 2.29. The summed E-state index contributed by atoms with van der Waals surface area (Å²) in [5.41, 5.74) is 3.08. The molecule has 0 unspecified atom stereocenters. The molecule has 0 bridgehead atoms. The van der Waals surface area contributed by atoms with Crippen LogP contribution in [0.3, 0.4) is 0 Å². The van der Waals surface area contributed by atoms with Crippen LogP contribution < -0.4 is 9.64 Å². The van der Waals surface area contributed by atoms with E-state index in [4.69, 9.17) is 9.72 Å². The van der Waals surface area contributed by atoms with Crippen LogP contribution >= 0.6 is 0 Å². The number of ether oxygens (including phenoxy) is 1. The maximum absolute atomic E-state index is 11.7. The first-order valence-corrected chi connectivity index (χ1v) is 9.66. The Morgan fingerprint density at radius 1 is 1.21 bits per heavy atom. The summed E-state index contributed by atoms with van der Waals surface area (Å²) >= 11 is 0. The van der Waals surface area contributed by atoms with Gasteiger partial charge in [-0.3, -0.25) is 4.57 Å². The van der Waals surface area contributed by atoms with E-state index in [1.165, 1.54) is 6.42 Å². The molecule has 0 saturated carbocycles. The highest BCUT2D eigenvalue weighted by Gasteiger charge is 2.21. The first-order chi connectivity index (χ1) is 13.6. The molecular formula is C21H24N4O3. The van der Waals surface area contributed by atoms with E-state index in [9.17, 15) is 9.90 Å². The number of hydrogen-bond donors (Lipinski definition) is 1. The molecule has 0 radical (unpaired) electrons. The molecule has 1 aliphatic rings. The van der Waals surface area contributed by atoms with Gasteiger partial charge in [-0.05, 0) is 49.4 Å². The van der Waals surface area contributed by atoms with E-state index in [1.807, 2.05) is 16.7 Å². The molecule has 0 amide bonds. The highest BCUT2D eigenvalue weighted by molar-refractivity contribution is 5.93. The molecule has 7 heteroatoms. The molecule has 3 aromatic rings. The first-order valence-electron chi connectivity index (χ1n) is 9.66. The fourth-order valence-electron chi connectivity index (χ4n) is 3.81. The van der Waals surface area contributed by atoms with Crippen LogP contribution in [0.1, 0.15) is 42.1 Å². The number of methoxy groups -OCH3 is 1. The number of hydrogen-bond acceptors (Lipinski definition) is 5. The number of piperidine rings is 1. The van der Waals surface area contributed by atoms with Crippen molar-refractivity contribution in [1.29, 1.82) is 0 Å². The smallest absolute Gasteiger partial charge is 0.339 e.